The van der Waals surface area contributed by atoms with Crippen molar-refractivity contribution in [1.82, 2.24) is 15.3 Å². The molecular weight excluding hydrogens is 216 g/mol. The quantitative estimate of drug-likeness (QED) is 0.674. The van der Waals surface area contributed by atoms with Gasteiger partial charge in [-0.2, -0.15) is 0 Å². The minimum Gasteiger partial charge on any atom is -0.478 e. The summed E-state index contributed by atoms with van der Waals surface area (Å²) in [6.07, 6.45) is 2.68. The van der Waals surface area contributed by atoms with E-state index in [9.17, 15) is 0 Å². The molecule has 0 saturated heterocycles. The number of anilines is 1. The summed E-state index contributed by atoms with van der Waals surface area (Å²) in [6.45, 7) is 9.52. The van der Waals surface area contributed by atoms with Crippen molar-refractivity contribution in [3.8, 4) is 5.88 Å². The summed E-state index contributed by atoms with van der Waals surface area (Å²) in [4.78, 5) is 8.31. The lowest BCUT2D eigenvalue weighted by Gasteiger charge is -2.11. The second kappa shape index (κ2) is 7.84. The molecule has 5 nitrogen and oxygen atoms in total. The van der Waals surface area contributed by atoms with Gasteiger partial charge in [0.2, 0.25) is 5.88 Å². The molecule has 2 N–H and O–H groups in total. The van der Waals surface area contributed by atoms with Crippen LogP contribution in [0.3, 0.4) is 0 Å². The van der Waals surface area contributed by atoms with Crippen LogP contribution in [0.4, 0.5) is 5.82 Å². The molecule has 1 aromatic heterocycles. The summed E-state index contributed by atoms with van der Waals surface area (Å²) < 4.78 is 5.42. The van der Waals surface area contributed by atoms with Crippen molar-refractivity contribution in [3.63, 3.8) is 0 Å². The topological polar surface area (TPSA) is 59.1 Å². The lowest BCUT2D eigenvalue weighted by molar-refractivity contribution is 0.324. The average Bonchev–Trinajstić information content (AvgIpc) is 2.33. The Hall–Kier alpha value is -1.36. The fourth-order valence-electron chi connectivity index (χ4n) is 1.47. The molecule has 1 rings (SSSR count). The van der Waals surface area contributed by atoms with Crippen LogP contribution in [0.25, 0.3) is 0 Å². The molecule has 0 aliphatic heterocycles. The van der Waals surface area contributed by atoms with E-state index in [1.807, 2.05) is 13.8 Å². The third-order valence-corrected chi connectivity index (χ3v) is 2.34. The van der Waals surface area contributed by atoms with Crippen molar-refractivity contribution in [2.24, 2.45) is 0 Å². The maximum Gasteiger partial charge on any atom is 0.221 e. The number of nitrogens with zero attached hydrogens (tertiary/aromatic N) is 2. The Balaban J connectivity index is 2.44. The van der Waals surface area contributed by atoms with E-state index in [0.717, 1.165) is 37.4 Å². The minimum atomic E-state index is 0.620. The van der Waals surface area contributed by atoms with Crippen molar-refractivity contribution in [2.45, 2.75) is 27.2 Å². The third-order valence-electron chi connectivity index (χ3n) is 2.34. The highest BCUT2D eigenvalue weighted by Gasteiger charge is 2.06. The van der Waals surface area contributed by atoms with Gasteiger partial charge in [0.15, 0.2) is 0 Å². The van der Waals surface area contributed by atoms with Crippen molar-refractivity contribution < 1.29 is 4.74 Å². The van der Waals surface area contributed by atoms with Gasteiger partial charge in [-0.25, -0.2) is 9.97 Å². The number of aromatic nitrogens is 2. The molecule has 0 fully saturated rings. The highest BCUT2D eigenvalue weighted by atomic mass is 16.5. The van der Waals surface area contributed by atoms with Gasteiger partial charge in [-0.05, 0) is 26.8 Å². The van der Waals surface area contributed by atoms with E-state index in [-0.39, 0.29) is 0 Å². The molecule has 0 saturated carbocycles. The Bertz CT molecular complexity index is 330. The van der Waals surface area contributed by atoms with E-state index in [4.69, 9.17) is 4.74 Å². The Morgan fingerprint density at radius 1 is 1.18 bits per heavy atom. The van der Waals surface area contributed by atoms with Gasteiger partial charge in [-0.15, -0.1) is 0 Å². The second-order valence-corrected chi connectivity index (χ2v) is 3.76. The first kappa shape index (κ1) is 13.7. The van der Waals surface area contributed by atoms with Crippen molar-refractivity contribution in [3.05, 3.63) is 11.9 Å². The van der Waals surface area contributed by atoms with E-state index < -0.39 is 0 Å². The van der Waals surface area contributed by atoms with Crippen LogP contribution in [0.5, 0.6) is 5.88 Å². The molecule has 1 heterocycles. The first-order valence-corrected chi connectivity index (χ1v) is 6.18. The second-order valence-electron chi connectivity index (χ2n) is 3.76. The predicted molar refractivity (Wildman–Crippen MR) is 69.6 cm³/mol. The number of hydrogen-bond donors (Lipinski definition) is 2. The van der Waals surface area contributed by atoms with Gasteiger partial charge in [0.05, 0.1) is 12.2 Å². The molecule has 17 heavy (non-hydrogen) atoms. The molecule has 0 aliphatic rings. The first-order valence-electron chi connectivity index (χ1n) is 6.18. The van der Waals surface area contributed by atoms with Crippen molar-refractivity contribution >= 4 is 5.82 Å². The summed E-state index contributed by atoms with van der Waals surface area (Å²) in [5.41, 5.74) is 0.963. The van der Waals surface area contributed by atoms with Crippen LogP contribution in [-0.2, 0) is 0 Å². The van der Waals surface area contributed by atoms with Gasteiger partial charge >= 0.3 is 0 Å². The van der Waals surface area contributed by atoms with Gasteiger partial charge < -0.3 is 15.4 Å². The number of nitrogens with one attached hydrogen (secondary N) is 2. The van der Waals surface area contributed by atoms with Gasteiger partial charge in [0.25, 0.3) is 0 Å². The summed E-state index contributed by atoms with van der Waals surface area (Å²) in [5.74, 6) is 1.51. The maximum absolute atomic E-state index is 5.42. The van der Waals surface area contributed by atoms with Gasteiger partial charge in [0, 0.05) is 13.1 Å². The van der Waals surface area contributed by atoms with Crippen LogP contribution in [-0.4, -0.2) is 36.2 Å². The van der Waals surface area contributed by atoms with Gasteiger partial charge in [0.1, 0.15) is 12.1 Å². The van der Waals surface area contributed by atoms with Crippen molar-refractivity contribution in [2.75, 3.05) is 31.6 Å². The molecule has 0 bridgehead atoms. The minimum absolute atomic E-state index is 0.620. The zero-order chi connectivity index (χ0) is 12.5. The zero-order valence-corrected chi connectivity index (χ0v) is 10.9. The van der Waals surface area contributed by atoms with E-state index in [0.29, 0.717) is 12.5 Å². The van der Waals surface area contributed by atoms with E-state index >= 15 is 0 Å². The SMILES string of the molecule is CCCNCCNc1ncnc(OCC)c1C. The lowest BCUT2D eigenvalue weighted by Crippen LogP contribution is -2.23. The summed E-state index contributed by atoms with van der Waals surface area (Å²) in [5, 5.41) is 6.60. The molecule has 0 aliphatic carbocycles. The Morgan fingerprint density at radius 2 is 2.00 bits per heavy atom. The van der Waals surface area contributed by atoms with Crippen LogP contribution < -0.4 is 15.4 Å². The molecule has 1 aromatic rings. The van der Waals surface area contributed by atoms with Gasteiger partial charge in [-0.1, -0.05) is 6.92 Å². The van der Waals surface area contributed by atoms with Crippen LogP contribution in [0.15, 0.2) is 6.33 Å². The van der Waals surface area contributed by atoms with Crippen LogP contribution >= 0.6 is 0 Å². The molecule has 96 valence electrons. The Morgan fingerprint density at radius 3 is 2.71 bits per heavy atom. The molecule has 0 atom stereocenters. The highest BCUT2D eigenvalue weighted by molar-refractivity contribution is 5.47. The molecule has 0 aromatic carbocycles. The number of ether oxygens (including phenoxy) is 1. The van der Waals surface area contributed by atoms with Crippen LogP contribution in [0.2, 0.25) is 0 Å². The standard InChI is InChI=1S/C12H22N4O/c1-4-6-13-7-8-14-11-10(3)12(17-5-2)16-9-15-11/h9,13H,4-8H2,1-3H3,(H,14,15,16). The molecule has 0 amide bonds. The highest BCUT2D eigenvalue weighted by Crippen LogP contribution is 2.19. The molecular formula is C12H22N4O. The van der Waals surface area contributed by atoms with Crippen molar-refractivity contribution in [1.29, 1.82) is 0 Å². The third kappa shape index (κ3) is 4.56. The molecule has 0 radical (unpaired) electrons. The van der Waals surface area contributed by atoms with E-state index in [1.165, 1.54) is 6.33 Å². The summed E-state index contributed by atoms with van der Waals surface area (Å²) >= 11 is 0. The monoisotopic (exact) mass is 238 g/mol. The van der Waals surface area contributed by atoms with E-state index in [1.54, 1.807) is 0 Å². The number of rotatable bonds is 8. The predicted octanol–water partition coefficient (Wildman–Crippen LogP) is 1.60. The first-order chi connectivity index (χ1) is 8.29. The molecule has 0 unspecified atom stereocenters. The number of hydrogen-bond acceptors (Lipinski definition) is 5. The van der Waals surface area contributed by atoms with Crippen LogP contribution in [0, 0.1) is 6.92 Å². The summed E-state index contributed by atoms with van der Waals surface area (Å²) in [7, 11) is 0. The molecule has 0 spiro atoms. The van der Waals surface area contributed by atoms with Crippen LogP contribution in [0.1, 0.15) is 25.8 Å². The summed E-state index contributed by atoms with van der Waals surface area (Å²) in [6, 6.07) is 0. The largest absolute Gasteiger partial charge is 0.478 e. The zero-order valence-electron chi connectivity index (χ0n) is 10.9. The van der Waals surface area contributed by atoms with E-state index in [2.05, 4.69) is 27.5 Å². The smallest absolute Gasteiger partial charge is 0.221 e. The Labute approximate surface area is 103 Å². The fraction of sp³-hybridized carbons (Fsp3) is 0.667. The normalized spacial score (nSPS) is 10.3. The lowest BCUT2D eigenvalue weighted by atomic mass is 10.3. The Kier molecular flexibility index (Phi) is 6.32. The fourth-order valence-corrected chi connectivity index (χ4v) is 1.47. The maximum atomic E-state index is 5.42. The average molecular weight is 238 g/mol. The molecule has 5 heteroatoms. The van der Waals surface area contributed by atoms with Gasteiger partial charge in [-0.3, -0.25) is 0 Å².